The molecule has 0 saturated heterocycles. The van der Waals surface area contributed by atoms with E-state index >= 15 is 0 Å². The molecule has 0 aliphatic heterocycles. The molecule has 0 saturated carbocycles. The van der Waals surface area contributed by atoms with E-state index in [0.717, 1.165) is 28.4 Å². The third-order valence-electron chi connectivity index (χ3n) is 2.82. The zero-order chi connectivity index (χ0) is 18.6. The van der Waals surface area contributed by atoms with Crippen LogP contribution in [-0.4, -0.2) is 23.1 Å². The number of urea groups is 1. The van der Waals surface area contributed by atoms with Crippen molar-refractivity contribution in [3.05, 3.63) is 40.9 Å². The third-order valence-corrected chi connectivity index (χ3v) is 3.66. The van der Waals surface area contributed by atoms with Crippen LogP contribution in [0, 0.1) is 0 Å². The molecule has 0 atom stereocenters. The van der Waals surface area contributed by atoms with Gasteiger partial charge in [-0.2, -0.15) is 18.3 Å². The Labute approximate surface area is 144 Å². The van der Waals surface area contributed by atoms with Crippen LogP contribution in [0.25, 0.3) is 0 Å². The fourth-order valence-electron chi connectivity index (χ4n) is 1.85. The summed E-state index contributed by atoms with van der Waals surface area (Å²) in [5.74, 6) is -0.507. The van der Waals surface area contributed by atoms with Crippen molar-refractivity contribution in [2.24, 2.45) is 10.8 Å². The Morgan fingerprint density at radius 2 is 2.12 bits per heavy atom. The zero-order valence-electron chi connectivity index (χ0n) is 12.7. The van der Waals surface area contributed by atoms with Gasteiger partial charge in [0.15, 0.2) is 5.13 Å². The van der Waals surface area contributed by atoms with Crippen molar-refractivity contribution in [1.29, 1.82) is 0 Å². The fraction of sp³-hybridized carbons (Fsp3) is 0.143. The van der Waals surface area contributed by atoms with Crippen molar-refractivity contribution in [3.63, 3.8) is 0 Å². The van der Waals surface area contributed by atoms with Crippen LogP contribution in [0.1, 0.15) is 18.2 Å². The second-order valence-electron chi connectivity index (χ2n) is 4.69. The number of alkyl halides is 3. The van der Waals surface area contributed by atoms with Crippen LogP contribution in [0.3, 0.4) is 0 Å². The number of carbonyl (C=O) groups is 2. The number of carbonyl (C=O) groups excluding carboxylic acids is 2. The second-order valence-corrected chi connectivity index (χ2v) is 5.53. The Morgan fingerprint density at radius 1 is 1.40 bits per heavy atom. The first-order chi connectivity index (χ1) is 11.7. The molecule has 7 nitrogen and oxygen atoms in total. The minimum absolute atomic E-state index is 0.0374. The smallest absolute Gasteiger partial charge is 0.350 e. The van der Waals surface area contributed by atoms with Crippen LogP contribution in [0.5, 0.6) is 0 Å². The Balaban J connectivity index is 2.34. The topological polar surface area (TPSA) is 101 Å². The van der Waals surface area contributed by atoms with Gasteiger partial charge in [-0.05, 0) is 18.2 Å². The summed E-state index contributed by atoms with van der Waals surface area (Å²) in [6.07, 6.45) is -3.34. The number of nitrogens with two attached hydrogens (primary N) is 1. The molecule has 3 N–H and O–H groups in total. The molecular weight excluding hydrogens is 359 g/mol. The number of anilines is 2. The van der Waals surface area contributed by atoms with Gasteiger partial charge in [0.1, 0.15) is 0 Å². The number of rotatable bonds is 4. The quantitative estimate of drug-likeness (QED) is 0.638. The van der Waals surface area contributed by atoms with E-state index in [9.17, 15) is 22.8 Å². The third kappa shape index (κ3) is 4.76. The molecule has 3 amide bonds. The van der Waals surface area contributed by atoms with Gasteiger partial charge in [-0.1, -0.05) is 6.07 Å². The number of aromatic nitrogens is 1. The highest BCUT2D eigenvalue weighted by Crippen LogP contribution is 2.34. The Morgan fingerprint density at radius 3 is 2.72 bits per heavy atom. The zero-order valence-corrected chi connectivity index (χ0v) is 13.6. The first kappa shape index (κ1) is 18.4. The van der Waals surface area contributed by atoms with Gasteiger partial charge in [0, 0.05) is 12.3 Å². The maximum atomic E-state index is 12.9. The average Bonchev–Trinajstić information content (AvgIpc) is 2.94. The van der Waals surface area contributed by atoms with Crippen molar-refractivity contribution in [1.82, 2.24) is 10.4 Å². The highest BCUT2D eigenvalue weighted by Gasteiger charge is 2.31. The SMILES string of the molecule is CC(=O)N(c1cccc(C(F)(F)F)c1)c1nc(/C=N\NC(N)=O)cs1. The summed E-state index contributed by atoms with van der Waals surface area (Å²) in [6, 6.07) is 3.50. The Kier molecular flexibility index (Phi) is 5.37. The molecule has 0 spiro atoms. The van der Waals surface area contributed by atoms with E-state index < -0.39 is 23.7 Å². The van der Waals surface area contributed by atoms with E-state index in [0.29, 0.717) is 5.69 Å². The molecule has 132 valence electrons. The second kappa shape index (κ2) is 7.30. The van der Waals surface area contributed by atoms with Crippen LogP contribution < -0.4 is 16.1 Å². The van der Waals surface area contributed by atoms with Gasteiger partial charge in [0.2, 0.25) is 5.91 Å². The average molecular weight is 371 g/mol. The van der Waals surface area contributed by atoms with E-state index in [-0.39, 0.29) is 10.8 Å². The Bertz CT molecular complexity index is 819. The molecule has 1 aromatic heterocycles. The molecule has 0 radical (unpaired) electrons. The molecule has 1 aromatic carbocycles. The van der Waals surface area contributed by atoms with Crippen LogP contribution in [-0.2, 0) is 11.0 Å². The number of thiazole rings is 1. The minimum Gasteiger partial charge on any atom is -0.350 e. The molecular formula is C14H12F3N5O2S. The predicted molar refractivity (Wildman–Crippen MR) is 86.7 cm³/mol. The summed E-state index contributed by atoms with van der Waals surface area (Å²) < 4.78 is 38.6. The number of primary amides is 1. The number of halogens is 3. The van der Waals surface area contributed by atoms with Gasteiger partial charge < -0.3 is 5.73 Å². The number of nitrogens with zero attached hydrogens (tertiary/aromatic N) is 3. The monoisotopic (exact) mass is 371 g/mol. The summed E-state index contributed by atoms with van der Waals surface area (Å²) >= 11 is 1.03. The summed E-state index contributed by atoms with van der Waals surface area (Å²) in [4.78, 5) is 27.6. The van der Waals surface area contributed by atoms with Gasteiger partial charge in [0.05, 0.1) is 23.2 Å². The van der Waals surface area contributed by atoms with E-state index in [1.165, 1.54) is 30.7 Å². The van der Waals surface area contributed by atoms with Crippen LogP contribution in [0.15, 0.2) is 34.7 Å². The first-order valence-electron chi connectivity index (χ1n) is 6.70. The highest BCUT2D eigenvalue weighted by molar-refractivity contribution is 7.14. The molecule has 0 bridgehead atoms. The van der Waals surface area contributed by atoms with E-state index in [4.69, 9.17) is 5.73 Å². The van der Waals surface area contributed by atoms with Crippen LogP contribution >= 0.6 is 11.3 Å². The first-order valence-corrected chi connectivity index (χ1v) is 7.58. The van der Waals surface area contributed by atoms with Crippen molar-refractivity contribution < 1.29 is 22.8 Å². The normalized spacial score (nSPS) is 11.5. The van der Waals surface area contributed by atoms with Gasteiger partial charge >= 0.3 is 12.2 Å². The minimum atomic E-state index is -4.53. The number of benzene rings is 1. The van der Waals surface area contributed by atoms with Gasteiger partial charge in [-0.15, -0.1) is 11.3 Å². The van der Waals surface area contributed by atoms with Crippen molar-refractivity contribution >= 4 is 40.3 Å². The summed E-state index contributed by atoms with van der Waals surface area (Å²) in [5.41, 5.74) is 6.29. The molecule has 0 aliphatic carbocycles. The maximum absolute atomic E-state index is 12.9. The molecule has 1 heterocycles. The van der Waals surface area contributed by atoms with Crippen LogP contribution in [0.4, 0.5) is 28.8 Å². The van der Waals surface area contributed by atoms with Gasteiger partial charge in [0.25, 0.3) is 0 Å². The lowest BCUT2D eigenvalue weighted by Gasteiger charge is -2.19. The van der Waals surface area contributed by atoms with E-state index in [2.05, 4.69) is 10.1 Å². The molecule has 0 aliphatic rings. The Hall–Kier alpha value is -2.95. The molecule has 0 fully saturated rings. The molecule has 25 heavy (non-hydrogen) atoms. The number of hydrogen-bond donors (Lipinski definition) is 2. The largest absolute Gasteiger partial charge is 0.416 e. The number of hydrogen-bond acceptors (Lipinski definition) is 5. The fourth-order valence-corrected chi connectivity index (χ4v) is 2.69. The summed E-state index contributed by atoms with van der Waals surface area (Å²) in [7, 11) is 0. The van der Waals surface area contributed by atoms with E-state index in [1.54, 1.807) is 0 Å². The summed E-state index contributed by atoms with van der Waals surface area (Å²) in [6.45, 7) is 1.21. The van der Waals surface area contributed by atoms with Crippen molar-refractivity contribution in [2.75, 3.05) is 4.90 Å². The number of hydrazone groups is 1. The van der Waals surface area contributed by atoms with Gasteiger partial charge in [-0.3, -0.25) is 9.69 Å². The van der Waals surface area contributed by atoms with Gasteiger partial charge in [-0.25, -0.2) is 15.2 Å². The maximum Gasteiger partial charge on any atom is 0.416 e. The molecule has 11 heteroatoms. The summed E-state index contributed by atoms with van der Waals surface area (Å²) in [5, 5.41) is 5.20. The highest BCUT2D eigenvalue weighted by atomic mass is 32.1. The predicted octanol–water partition coefficient (Wildman–Crippen LogP) is 2.85. The lowest BCUT2D eigenvalue weighted by Crippen LogP contribution is -2.24. The number of nitrogens with one attached hydrogen (secondary N) is 1. The van der Waals surface area contributed by atoms with Crippen molar-refractivity contribution in [2.45, 2.75) is 13.1 Å². The molecule has 2 rings (SSSR count). The lowest BCUT2D eigenvalue weighted by atomic mass is 10.2. The van der Waals surface area contributed by atoms with Crippen LogP contribution in [0.2, 0.25) is 0 Å². The standard InChI is InChI=1S/C14H12F3N5O2S/c1-8(23)22(11-4-2-3-9(5-11)14(15,16)17)13-20-10(7-25-13)6-19-21-12(18)24/h2-7H,1H3,(H3,18,21,24)/b19-6-. The molecule has 2 aromatic rings. The molecule has 0 unspecified atom stereocenters. The number of amides is 3. The van der Waals surface area contributed by atoms with E-state index in [1.807, 2.05) is 5.43 Å². The lowest BCUT2D eigenvalue weighted by molar-refractivity contribution is -0.137. The van der Waals surface area contributed by atoms with Crippen molar-refractivity contribution in [3.8, 4) is 0 Å².